The van der Waals surface area contributed by atoms with Crippen molar-refractivity contribution in [3.63, 3.8) is 0 Å². The van der Waals surface area contributed by atoms with Gasteiger partial charge in [-0.1, -0.05) is 6.07 Å². The molecule has 0 saturated heterocycles. The second-order valence-corrected chi connectivity index (χ2v) is 3.11. The molecule has 1 aromatic rings. The molecule has 0 aromatic heterocycles. The lowest BCUT2D eigenvalue weighted by molar-refractivity contribution is -0.384. The number of anilines is 1. The van der Waals surface area contributed by atoms with Gasteiger partial charge in [-0.3, -0.25) is 10.1 Å². The maximum absolute atomic E-state index is 10.4. The van der Waals surface area contributed by atoms with Crippen LogP contribution in [0.3, 0.4) is 0 Å². The van der Waals surface area contributed by atoms with Gasteiger partial charge in [-0.15, -0.1) is 12.4 Å². The van der Waals surface area contributed by atoms with Crippen LogP contribution in [0.4, 0.5) is 11.4 Å². The first kappa shape index (κ1) is 12.7. The van der Waals surface area contributed by atoms with Crippen molar-refractivity contribution >= 4 is 23.8 Å². The zero-order valence-electron chi connectivity index (χ0n) is 8.06. The lowest BCUT2D eigenvalue weighted by Crippen LogP contribution is -2.09. The van der Waals surface area contributed by atoms with Crippen molar-refractivity contribution in [1.82, 2.24) is 0 Å². The average molecular weight is 217 g/mol. The quantitative estimate of drug-likeness (QED) is 0.625. The van der Waals surface area contributed by atoms with Crippen LogP contribution in [0.25, 0.3) is 0 Å². The fraction of sp³-hybridized carbons (Fsp3) is 0.333. The molecule has 0 radical (unpaired) electrons. The molecule has 1 N–H and O–H groups in total. The molecule has 4 nitrogen and oxygen atoms in total. The largest absolute Gasteiger partial charge is 0.383 e. The summed E-state index contributed by atoms with van der Waals surface area (Å²) in [5.41, 5.74) is 0.898. The third-order valence-corrected chi connectivity index (χ3v) is 1.51. The van der Waals surface area contributed by atoms with Gasteiger partial charge in [-0.05, 0) is 19.9 Å². The molecule has 0 unspecified atom stereocenters. The van der Waals surface area contributed by atoms with Crippen molar-refractivity contribution in [2.75, 3.05) is 5.32 Å². The maximum Gasteiger partial charge on any atom is 0.271 e. The first-order valence-corrected chi connectivity index (χ1v) is 4.10. The van der Waals surface area contributed by atoms with Crippen LogP contribution in [0.2, 0.25) is 0 Å². The molecule has 0 bridgehead atoms. The summed E-state index contributed by atoms with van der Waals surface area (Å²) >= 11 is 0. The van der Waals surface area contributed by atoms with Gasteiger partial charge in [0.2, 0.25) is 0 Å². The van der Waals surface area contributed by atoms with Gasteiger partial charge in [0.05, 0.1) is 4.92 Å². The van der Waals surface area contributed by atoms with E-state index >= 15 is 0 Å². The Balaban J connectivity index is 0.00000169. The van der Waals surface area contributed by atoms with Crippen LogP contribution >= 0.6 is 12.4 Å². The zero-order valence-corrected chi connectivity index (χ0v) is 8.88. The Hall–Kier alpha value is -1.29. The van der Waals surface area contributed by atoms with Crippen molar-refractivity contribution in [1.29, 1.82) is 0 Å². The van der Waals surface area contributed by atoms with E-state index in [2.05, 4.69) is 5.32 Å². The summed E-state index contributed by atoms with van der Waals surface area (Å²) in [4.78, 5) is 10.0. The number of nitro benzene ring substituents is 1. The van der Waals surface area contributed by atoms with E-state index in [0.717, 1.165) is 5.69 Å². The van der Waals surface area contributed by atoms with Crippen molar-refractivity contribution < 1.29 is 4.92 Å². The molecule has 78 valence electrons. The summed E-state index contributed by atoms with van der Waals surface area (Å²) in [7, 11) is 0. The second kappa shape index (κ2) is 5.44. The van der Waals surface area contributed by atoms with E-state index in [4.69, 9.17) is 0 Å². The Labute approximate surface area is 88.9 Å². The van der Waals surface area contributed by atoms with Gasteiger partial charge in [0, 0.05) is 23.9 Å². The molecule has 0 heterocycles. The maximum atomic E-state index is 10.4. The molecule has 0 atom stereocenters. The van der Waals surface area contributed by atoms with Crippen molar-refractivity contribution in [3.05, 3.63) is 34.4 Å². The molecule has 14 heavy (non-hydrogen) atoms. The van der Waals surface area contributed by atoms with Crippen molar-refractivity contribution in [3.8, 4) is 0 Å². The van der Waals surface area contributed by atoms with E-state index in [1.807, 2.05) is 19.9 Å². The molecule has 0 aliphatic rings. The first-order valence-electron chi connectivity index (χ1n) is 4.10. The molecule has 1 aromatic carbocycles. The van der Waals surface area contributed by atoms with Gasteiger partial charge in [-0.25, -0.2) is 0 Å². The number of benzene rings is 1. The van der Waals surface area contributed by atoms with E-state index in [0.29, 0.717) is 0 Å². The Morgan fingerprint density at radius 2 is 2.07 bits per heavy atom. The summed E-state index contributed by atoms with van der Waals surface area (Å²) in [5.74, 6) is 0. The van der Waals surface area contributed by atoms with Crippen LogP contribution in [-0.4, -0.2) is 11.0 Å². The monoisotopic (exact) mass is 216 g/mol. The lowest BCUT2D eigenvalue weighted by Gasteiger charge is -2.08. The summed E-state index contributed by atoms with van der Waals surface area (Å²) in [5, 5.41) is 13.5. The Morgan fingerprint density at radius 3 is 2.57 bits per heavy atom. The van der Waals surface area contributed by atoms with Crippen LogP contribution in [0.1, 0.15) is 13.8 Å². The average Bonchev–Trinajstić information content (AvgIpc) is 2.03. The second-order valence-electron chi connectivity index (χ2n) is 3.11. The van der Waals surface area contributed by atoms with Crippen LogP contribution in [0.5, 0.6) is 0 Å². The van der Waals surface area contributed by atoms with Crippen molar-refractivity contribution in [2.24, 2.45) is 0 Å². The van der Waals surface area contributed by atoms with Gasteiger partial charge < -0.3 is 5.32 Å². The SMILES string of the molecule is CC(C)Nc1cccc([N+](=O)[O-])c1.Cl. The third-order valence-electron chi connectivity index (χ3n) is 1.51. The summed E-state index contributed by atoms with van der Waals surface area (Å²) in [6.45, 7) is 3.97. The lowest BCUT2D eigenvalue weighted by atomic mass is 10.2. The molecule has 0 fully saturated rings. The topological polar surface area (TPSA) is 55.2 Å². The molecule has 1 rings (SSSR count). The minimum absolute atomic E-state index is 0. The number of hydrogen-bond acceptors (Lipinski definition) is 3. The highest BCUT2D eigenvalue weighted by atomic mass is 35.5. The first-order chi connectivity index (χ1) is 6.09. The molecular weight excluding hydrogens is 204 g/mol. The standard InChI is InChI=1S/C9H12N2O2.ClH/c1-7(2)10-8-4-3-5-9(6-8)11(12)13;/h3-7,10H,1-2H3;1H. The summed E-state index contributed by atoms with van der Waals surface area (Å²) in [6.07, 6.45) is 0. The Morgan fingerprint density at radius 1 is 1.43 bits per heavy atom. The van der Waals surface area contributed by atoms with Gasteiger partial charge in [0.15, 0.2) is 0 Å². The zero-order chi connectivity index (χ0) is 9.84. The number of hydrogen-bond donors (Lipinski definition) is 1. The molecule has 5 heteroatoms. The van der Waals surface area contributed by atoms with Crippen LogP contribution in [-0.2, 0) is 0 Å². The number of rotatable bonds is 3. The molecule has 0 aliphatic heterocycles. The normalized spacial score (nSPS) is 9.36. The van der Waals surface area contributed by atoms with Crippen LogP contribution in [0, 0.1) is 10.1 Å². The predicted octanol–water partition coefficient (Wildman–Crippen LogP) is 2.84. The predicted molar refractivity (Wildman–Crippen MR) is 59.1 cm³/mol. The molecule has 0 spiro atoms. The molecule has 0 amide bonds. The number of nitrogens with one attached hydrogen (secondary N) is 1. The number of halogens is 1. The fourth-order valence-electron chi connectivity index (χ4n) is 1.04. The highest BCUT2D eigenvalue weighted by Crippen LogP contribution is 2.17. The van der Waals surface area contributed by atoms with Gasteiger partial charge in [-0.2, -0.15) is 0 Å². The number of non-ortho nitro benzene ring substituents is 1. The van der Waals surface area contributed by atoms with E-state index in [1.165, 1.54) is 12.1 Å². The van der Waals surface area contributed by atoms with E-state index in [-0.39, 0.29) is 24.1 Å². The molecule has 0 aliphatic carbocycles. The number of nitro groups is 1. The minimum atomic E-state index is -0.397. The smallest absolute Gasteiger partial charge is 0.271 e. The third kappa shape index (κ3) is 3.62. The highest BCUT2D eigenvalue weighted by molar-refractivity contribution is 5.85. The molecular formula is C9H13ClN2O2. The van der Waals surface area contributed by atoms with Crippen LogP contribution < -0.4 is 5.32 Å². The van der Waals surface area contributed by atoms with E-state index in [9.17, 15) is 10.1 Å². The van der Waals surface area contributed by atoms with E-state index < -0.39 is 4.92 Å². The number of nitrogens with zero attached hydrogens (tertiary/aromatic N) is 1. The Kier molecular flexibility index (Phi) is 4.94. The molecule has 0 saturated carbocycles. The van der Waals surface area contributed by atoms with Gasteiger partial charge in [0.25, 0.3) is 5.69 Å². The van der Waals surface area contributed by atoms with Gasteiger partial charge >= 0.3 is 0 Å². The van der Waals surface area contributed by atoms with Gasteiger partial charge in [0.1, 0.15) is 0 Å². The summed E-state index contributed by atoms with van der Waals surface area (Å²) in [6, 6.07) is 6.77. The van der Waals surface area contributed by atoms with E-state index in [1.54, 1.807) is 6.07 Å². The Bertz CT molecular complexity index is 315. The van der Waals surface area contributed by atoms with Crippen molar-refractivity contribution in [2.45, 2.75) is 19.9 Å². The summed E-state index contributed by atoms with van der Waals surface area (Å²) < 4.78 is 0. The van der Waals surface area contributed by atoms with Crippen LogP contribution in [0.15, 0.2) is 24.3 Å². The highest BCUT2D eigenvalue weighted by Gasteiger charge is 2.05. The minimum Gasteiger partial charge on any atom is -0.383 e. The fourth-order valence-corrected chi connectivity index (χ4v) is 1.04.